The van der Waals surface area contributed by atoms with Crippen molar-refractivity contribution in [1.82, 2.24) is 0 Å². The summed E-state index contributed by atoms with van der Waals surface area (Å²) in [6.45, 7) is 7.47. The summed E-state index contributed by atoms with van der Waals surface area (Å²) in [7, 11) is 0. The Kier molecular flexibility index (Phi) is 2.76. The first-order valence-corrected chi connectivity index (χ1v) is 3.10. The molecular weight excluding hydrogens is 134 g/mol. The smallest absolute Gasteiger partial charge is 0.202 e. The van der Waals surface area contributed by atoms with Gasteiger partial charge in [-0.25, -0.2) is 8.78 Å². The molecule has 0 aromatic rings. The molecule has 0 bridgehead atoms. The van der Waals surface area contributed by atoms with E-state index in [4.69, 9.17) is 0 Å². The second-order valence-electron chi connectivity index (χ2n) is 2.34. The van der Waals surface area contributed by atoms with Crippen LogP contribution in [0.25, 0.3) is 0 Å². The van der Waals surface area contributed by atoms with Gasteiger partial charge in [0.2, 0.25) is 0 Å². The Hall–Kier alpha value is -0.660. The standard InChI is InChI=1S/C8H12F2/c1-5-6(2)7(3)8(4,9)10/h5H,3H2,1-2,4H3/b6-5-. The van der Waals surface area contributed by atoms with Crippen LogP contribution in [0.5, 0.6) is 0 Å². The first-order valence-electron chi connectivity index (χ1n) is 3.10. The van der Waals surface area contributed by atoms with Gasteiger partial charge in [0.15, 0.2) is 0 Å². The lowest BCUT2D eigenvalue weighted by Gasteiger charge is -2.13. The molecule has 0 nitrogen and oxygen atoms in total. The van der Waals surface area contributed by atoms with Crippen LogP contribution in [0.15, 0.2) is 23.8 Å². The first-order chi connectivity index (χ1) is 4.39. The molecule has 2 heteroatoms. The third-order valence-electron chi connectivity index (χ3n) is 1.44. The molecule has 0 aromatic carbocycles. The highest BCUT2D eigenvalue weighted by atomic mass is 19.3. The summed E-state index contributed by atoms with van der Waals surface area (Å²) in [5, 5.41) is 0. The third kappa shape index (κ3) is 2.29. The van der Waals surface area contributed by atoms with E-state index in [0.29, 0.717) is 5.57 Å². The van der Waals surface area contributed by atoms with E-state index in [-0.39, 0.29) is 5.57 Å². The minimum Gasteiger partial charge on any atom is -0.202 e. The lowest BCUT2D eigenvalue weighted by atomic mass is 10.0. The third-order valence-corrected chi connectivity index (χ3v) is 1.44. The van der Waals surface area contributed by atoms with Crippen molar-refractivity contribution in [3.63, 3.8) is 0 Å². The number of rotatable bonds is 2. The van der Waals surface area contributed by atoms with Gasteiger partial charge in [-0.15, -0.1) is 0 Å². The highest BCUT2D eigenvalue weighted by molar-refractivity contribution is 5.30. The average Bonchev–Trinajstić information content (AvgIpc) is 1.83. The zero-order valence-electron chi connectivity index (χ0n) is 6.54. The summed E-state index contributed by atoms with van der Waals surface area (Å²) < 4.78 is 24.8. The van der Waals surface area contributed by atoms with E-state index in [1.54, 1.807) is 19.9 Å². The summed E-state index contributed by atoms with van der Waals surface area (Å²) in [5.74, 6) is -2.78. The monoisotopic (exact) mass is 146 g/mol. The van der Waals surface area contributed by atoms with Crippen LogP contribution in [0.3, 0.4) is 0 Å². The van der Waals surface area contributed by atoms with Gasteiger partial charge < -0.3 is 0 Å². The molecule has 0 saturated carbocycles. The number of allylic oxidation sites excluding steroid dienone is 3. The molecule has 0 aliphatic carbocycles. The number of hydrogen-bond acceptors (Lipinski definition) is 0. The SMILES string of the molecule is C=C(/C(C)=C\C)C(C)(F)F. The van der Waals surface area contributed by atoms with Crippen LogP contribution in [0.4, 0.5) is 8.78 Å². The van der Waals surface area contributed by atoms with Crippen molar-refractivity contribution < 1.29 is 8.78 Å². The fourth-order valence-electron chi connectivity index (χ4n) is 0.520. The summed E-state index contributed by atoms with van der Waals surface area (Å²) in [4.78, 5) is 0. The number of hydrogen-bond donors (Lipinski definition) is 0. The molecule has 0 fully saturated rings. The van der Waals surface area contributed by atoms with E-state index >= 15 is 0 Å². The van der Waals surface area contributed by atoms with Crippen molar-refractivity contribution in [2.75, 3.05) is 0 Å². The molecule has 10 heavy (non-hydrogen) atoms. The summed E-state index contributed by atoms with van der Waals surface area (Å²) >= 11 is 0. The first kappa shape index (κ1) is 9.34. The van der Waals surface area contributed by atoms with Gasteiger partial charge in [-0.3, -0.25) is 0 Å². The Balaban J connectivity index is 4.39. The highest BCUT2D eigenvalue weighted by Crippen LogP contribution is 2.26. The molecule has 58 valence electrons. The molecular formula is C8H12F2. The zero-order valence-corrected chi connectivity index (χ0v) is 6.54. The van der Waals surface area contributed by atoms with Gasteiger partial charge >= 0.3 is 0 Å². The van der Waals surface area contributed by atoms with Gasteiger partial charge in [-0.2, -0.15) is 0 Å². The van der Waals surface area contributed by atoms with Crippen LogP contribution >= 0.6 is 0 Å². The van der Waals surface area contributed by atoms with Gasteiger partial charge in [-0.05, 0) is 19.4 Å². The maximum Gasteiger partial charge on any atom is 0.270 e. The molecule has 0 spiro atoms. The Morgan fingerprint density at radius 3 is 2.00 bits per heavy atom. The quantitative estimate of drug-likeness (QED) is 0.525. The average molecular weight is 146 g/mol. The zero-order chi connectivity index (χ0) is 8.36. The van der Waals surface area contributed by atoms with Gasteiger partial charge in [0.05, 0.1) is 0 Å². The van der Waals surface area contributed by atoms with Gasteiger partial charge in [0.25, 0.3) is 5.92 Å². The Bertz CT molecular complexity index is 161. The van der Waals surface area contributed by atoms with E-state index in [0.717, 1.165) is 6.92 Å². The normalized spacial score (nSPS) is 13.5. The van der Waals surface area contributed by atoms with Crippen molar-refractivity contribution in [2.45, 2.75) is 26.7 Å². The second-order valence-corrected chi connectivity index (χ2v) is 2.34. The fraction of sp³-hybridized carbons (Fsp3) is 0.500. The lowest BCUT2D eigenvalue weighted by molar-refractivity contribution is 0.0665. The van der Waals surface area contributed by atoms with Crippen molar-refractivity contribution >= 4 is 0 Å². The van der Waals surface area contributed by atoms with Crippen molar-refractivity contribution in [1.29, 1.82) is 0 Å². The molecule has 0 unspecified atom stereocenters. The molecule has 0 aliphatic heterocycles. The van der Waals surface area contributed by atoms with E-state index in [9.17, 15) is 8.78 Å². The van der Waals surface area contributed by atoms with Crippen LogP contribution in [0.1, 0.15) is 20.8 Å². The van der Waals surface area contributed by atoms with E-state index in [2.05, 4.69) is 6.58 Å². The molecule has 0 aromatic heterocycles. The van der Waals surface area contributed by atoms with Crippen molar-refractivity contribution in [3.8, 4) is 0 Å². The fourth-order valence-corrected chi connectivity index (χ4v) is 0.520. The number of alkyl halides is 2. The molecule has 0 aliphatic rings. The molecule has 0 amide bonds. The highest BCUT2D eigenvalue weighted by Gasteiger charge is 2.25. The molecule has 0 saturated heterocycles. The molecule has 0 atom stereocenters. The van der Waals surface area contributed by atoms with Crippen LogP contribution in [0, 0.1) is 0 Å². The predicted octanol–water partition coefficient (Wildman–Crippen LogP) is 3.16. The maximum absolute atomic E-state index is 12.4. The van der Waals surface area contributed by atoms with Gasteiger partial charge in [0, 0.05) is 12.5 Å². The van der Waals surface area contributed by atoms with E-state index in [1.165, 1.54) is 0 Å². The maximum atomic E-state index is 12.4. The molecule has 0 N–H and O–H groups in total. The molecule has 0 rings (SSSR count). The van der Waals surface area contributed by atoms with E-state index in [1.807, 2.05) is 0 Å². The summed E-state index contributed by atoms with van der Waals surface area (Å²) in [6.07, 6.45) is 1.62. The topological polar surface area (TPSA) is 0 Å². The van der Waals surface area contributed by atoms with Crippen molar-refractivity contribution in [2.24, 2.45) is 0 Å². The second kappa shape index (κ2) is 2.95. The summed E-state index contributed by atoms with van der Waals surface area (Å²) in [6, 6.07) is 0. The van der Waals surface area contributed by atoms with Gasteiger partial charge in [0.1, 0.15) is 0 Å². The van der Waals surface area contributed by atoms with E-state index < -0.39 is 5.92 Å². The van der Waals surface area contributed by atoms with Crippen LogP contribution < -0.4 is 0 Å². The molecule has 0 heterocycles. The minimum atomic E-state index is -2.78. The lowest BCUT2D eigenvalue weighted by Crippen LogP contribution is -2.13. The summed E-state index contributed by atoms with van der Waals surface area (Å²) in [5.41, 5.74) is 0.447. The number of halogens is 2. The Morgan fingerprint density at radius 1 is 1.50 bits per heavy atom. The Labute approximate surface area is 60.2 Å². The largest absolute Gasteiger partial charge is 0.270 e. The van der Waals surface area contributed by atoms with Crippen LogP contribution in [-0.2, 0) is 0 Å². The van der Waals surface area contributed by atoms with Crippen molar-refractivity contribution in [3.05, 3.63) is 23.8 Å². The molecule has 0 radical (unpaired) electrons. The van der Waals surface area contributed by atoms with Gasteiger partial charge in [-0.1, -0.05) is 12.7 Å². The van der Waals surface area contributed by atoms with Crippen LogP contribution in [-0.4, -0.2) is 5.92 Å². The van der Waals surface area contributed by atoms with Crippen LogP contribution in [0.2, 0.25) is 0 Å². The Morgan fingerprint density at radius 2 is 1.90 bits per heavy atom. The minimum absolute atomic E-state index is 0.102. The predicted molar refractivity (Wildman–Crippen MR) is 39.2 cm³/mol.